The number of hydrogen-bond acceptors (Lipinski definition) is 2. The van der Waals surface area contributed by atoms with E-state index >= 15 is 0 Å². The Morgan fingerprint density at radius 2 is 1.94 bits per heavy atom. The van der Waals surface area contributed by atoms with Gasteiger partial charge in [0.2, 0.25) is 5.91 Å². The second-order valence-corrected chi connectivity index (χ2v) is 3.34. The Morgan fingerprint density at radius 1 is 1.31 bits per heavy atom. The van der Waals surface area contributed by atoms with Gasteiger partial charge in [-0.3, -0.25) is 9.36 Å². The number of hydrogen-bond donors (Lipinski definition) is 1. The predicted molar refractivity (Wildman–Crippen MR) is 55.2 cm³/mol. The molecule has 0 spiro atoms. The molecule has 1 aromatic carbocycles. The Balaban J connectivity index is 2.97. The van der Waals surface area contributed by atoms with Gasteiger partial charge in [0, 0.05) is 12.3 Å². The van der Waals surface area contributed by atoms with E-state index in [1.807, 2.05) is 0 Å². The van der Waals surface area contributed by atoms with Crippen LogP contribution in [0.5, 0.6) is 0 Å². The van der Waals surface area contributed by atoms with E-state index in [9.17, 15) is 14.0 Å². The summed E-state index contributed by atoms with van der Waals surface area (Å²) in [6.45, 7) is 1.19. The van der Waals surface area contributed by atoms with E-state index in [0.29, 0.717) is 0 Å². The molecule has 1 heterocycles. The number of aromatic carboxylic acids is 1. The minimum Gasteiger partial charge on any atom is -0.476 e. The lowest BCUT2D eigenvalue weighted by Crippen LogP contribution is -2.14. The van der Waals surface area contributed by atoms with Crippen molar-refractivity contribution in [2.75, 3.05) is 0 Å². The molecule has 4 nitrogen and oxygen atoms in total. The molecule has 0 aliphatic carbocycles. The summed E-state index contributed by atoms with van der Waals surface area (Å²) in [7, 11) is 0. The van der Waals surface area contributed by atoms with E-state index in [1.165, 1.54) is 19.1 Å². The number of benzene rings is 1. The molecule has 0 fully saturated rings. The molecule has 2 aromatic rings. The standard InChI is InChI=1S/C11H8FNO3/c1-6(14)13-8-5-3-2-4-7(8)9(12)10(13)11(15)16/h2-5H,1H3,(H,15,16). The lowest BCUT2D eigenvalue weighted by atomic mass is 10.2. The molecule has 0 saturated carbocycles. The molecule has 0 saturated heterocycles. The summed E-state index contributed by atoms with van der Waals surface area (Å²) in [5, 5.41) is 9.02. The van der Waals surface area contributed by atoms with Crippen molar-refractivity contribution in [3.05, 3.63) is 35.8 Å². The molecule has 5 heteroatoms. The summed E-state index contributed by atoms with van der Waals surface area (Å²) < 4.78 is 14.6. The molecular weight excluding hydrogens is 213 g/mol. The predicted octanol–water partition coefficient (Wildman–Crippen LogP) is 2.14. The second kappa shape index (κ2) is 3.44. The molecule has 82 valence electrons. The Morgan fingerprint density at radius 3 is 2.50 bits per heavy atom. The minimum atomic E-state index is -1.45. The van der Waals surface area contributed by atoms with Gasteiger partial charge in [-0.2, -0.15) is 0 Å². The lowest BCUT2D eigenvalue weighted by molar-refractivity contribution is 0.0670. The Labute approximate surface area is 89.9 Å². The number of carbonyl (C=O) groups excluding carboxylic acids is 1. The number of carboxylic acid groups (broad SMARTS) is 1. The minimum absolute atomic E-state index is 0.134. The fourth-order valence-corrected chi connectivity index (χ4v) is 1.72. The van der Waals surface area contributed by atoms with Crippen molar-refractivity contribution in [1.29, 1.82) is 0 Å². The quantitative estimate of drug-likeness (QED) is 0.802. The van der Waals surface area contributed by atoms with E-state index in [0.717, 1.165) is 4.57 Å². The zero-order valence-electron chi connectivity index (χ0n) is 8.40. The van der Waals surface area contributed by atoms with Crippen molar-refractivity contribution >= 4 is 22.8 Å². The highest BCUT2D eigenvalue weighted by Gasteiger charge is 2.24. The molecule has 0 aliphatic heterocycles. The molecule has 16 heavy (non-hydrogen) atoms. The fraction of sp³-hybridized carbons (Fsp3) is 0.0909. The van der Waals surface area contributed by atoms with Crippen LogP contribution in [0, 0.1) is 5.82 Å². The van der Waals surface area contributed by atoms with E-state index in [4.69, 9.17) is 5.11 Å². The molecule has 2 rings (SSSR count). The number of aromatic nitrogens is 1. The summed E-state index contributed by atoms with van der Waals surface area (Å²) in [5.41, 5.74) is -0.349. The Hall–Kier alpha value is -2.17. The molecule has 0 amide bonds. The molecule has 0 unspecified atom stereocenters. The van der Waals surface area contributed by atoms with Gasteiger partial charge in [0.25, 0.3) is 0 Å². The van der Waals surface area contributed by atoms with Gasteiger partial charge in [-0.25, -0.2) is 9.18 Å². The first kappa shape index (κ1) is 10.4. The van der Waals surface area contributed by atoms with Crippen LogP contribution in [0.25, 0.3) is 10.9 Å². The van der Waals surface area contributed by atoms with E-state index in [-0.39, 0.29) is 10.9 Å². The molecule has 0 radical (unpaired) electrons. The average molecular weight is 221 g/mol. The van der Waals surface area contributed by atoms with E-state index in [1.54, 1.807) is 12.1 Å². The van der Waals surface area contributed by atoms with E-state index < -0.39 is 23.4 Å². The van der Waals surface area contributed by atoms with Gasteiger partial charge in [0.15, 0.2) is 11.5 Å². The number of rotatable bonds is 1. The molecule has 0 aliphatic rings. The van der Waals surface area contributed by atoms with Gasteiger partial charge in [0.05, 0.1) is 5.52 Å². The normalized spacial score (nSPS) is 10.6. The second-order valence-electron chi connectivity index (χ2n) is 3.34. The molecule has 1 aromatic heterocycles. The van der Waals surface area contributed by atoms with Crippen LogP contribution < -0.4 is 0 Å². The molecule has 0 bridgehead atoms. The molecule has 0 atom stereocenters. The first-order chi connectivity index (χ1) is 7.54. The largest absolute Gasteiger partial charge is 0.476 e. The van der Waals surface area contributed by atoms with E-state index in [2.05, 4.69) is 0 Å². The van der Waals surface area contributed by atoms with Gasteiger partial charge < -0.3 is 5.11 Å². The third kappa shape index (κ3) is 1.29. The fourth-order valence-electron chi connectivity index (χ4n) is 1.72. The Bertz CT molecular complexity index is 601. The number of nitrogens with zero attached hydrogens (tertiary/aromatic N) is 1. The van der Waals surface area contributed by atoms with Gasteiger partial charge in [0.1, 0.15) is 0 Å². The van der Waals surface area contributed by atoms with Crippen LogP contribution in [0.3, 0.4) is 0 Å². The number of carbonyl (C=O) groups is 2. The summed E-state index contributed by atoms with van der Waals surface area (Å²) >= 11 is 0. The summed E-state index contributed by atoms with van der Waals surface area (Å²) in [4.78, 5) is 22.2. The van der Waals surface area contributed by atoms with Crippen molar-refractivity contribution in [2.24, 2.45) is 0 Å². The van der Waals surface area contributed by atoms with Gasteiger partial charge in [-0.05, 0) is 12.1 Å². The highest BCUT2D eigenvalue weighted by atomic mass is 19.1. The number of halogens is 1. The van der Waals surface area contributed by atoms with Crippen molar-refractivity contribution in [3.8, 4) is 0 Å². The highest BCUT2D eigenvalue weighted by molar-refractivity contribution is 6.02. The maximum Gasteiger partial charge on any atom is 0.356 e. The third-order valence-corrected chi connectivity index (χ3v) is 2.33. The van der Waals surface area contributed by atoms with Crippen molar-refractivity contribution < 1.29 is 19.1 Å². The summed E-state index contributed by atoms with van der Waals surface area (Å²) in [5.74, 6) is -2.86. The van der Waals surface area contributed by atoms with Gasteiger partial charge in [-0.15, -0.1) is 0 Å². The summed E-state index contributed by atoms with van der Waals surface area (Å²) in [6.07, 6.45) is 0. The van der Waals surface area contributed by atoms with Crippen LogP contribution in [0.15, 0.2) is 24.3 Å². The monoisotopic (exact) mass is 221 g/mol. The zero-order valence-corrected chi connectivity index (χ0v) is 8.40. The van der Waals surface area contributed by atoms with Crippen LogP contribution in [-0.4, -0.2) is 21.6 Å². The maximum atomic E-state index is 13.7. The van der Waals surface area contributed by atoms with Crippen LogP contribution in [0.4, 0.5) is 4.39 Å². The van der Waals surface area contributed by atoms with Crippen LogP contribution in [-0.2, 0) is 0 Å². The van der Waals surface area contributed by atoms with Crippen LogP contribution in [0.2, 0.25) is 0 Å². The smallest absolute Gasteiger partial charge is 0.356 e. The highest BCUT2D eigenvalue weighted by Crippen LogP contribution is 2.24. The SMILES string of the molecule is CC(=O)n1c(C(=O)O)c(F)c2ccccc21. The number of carboxylic acids is 1. The van der Waals surface area contributed by atoms with Gasteiger partial charge in [-0.1, -0.05) is 12.1 Å². The third-order valence-electron chi connectivity index (χ3n) is 2.33. The zero-order chi connectivity index (χ0) is 11.9. The molecular formula is C11H8FNO3. The average Bonchev–Trinajstić information content (AvgIpc) is 2.53. The number of para-hydroxylation sites is 1. The molecule has 1 N–H and O–H groups in total. The van der Waals surface area contributed by atoms with Crippen molar-refractivity contribution in [2.45, 2.75) is 6.92 Å². The Kier molecular flexibility index (Phi) is 2.23. The van der Waals surface area contributed by atoms with Crippen LogP contribution in [0.1, 0.15) is 22.2 Å². The summed E-state index contributed by atoms with van der Waals surface area (Å²) in [6, 6.07) is 6.15. The van der Waals surface area contributed by atoms with Crippen molar-refractivity contribution in [3.63, 3.8) is 0 Å². The topological polar surface area (TPSA) is 59.3 Å². The maximum absolute atomic E-state index is 13.7. The van der Waals surface area contributed by atoms with Crippen molar-refractivity contribution in [1.82, 2.24) is 4.57 Å². The lowest BCUT2D eigenvalue weighted by Gasteiger charge is -2.01. The first-order valence-electron chi connectivity index (χ1n) is 4.57. The number of fused-ring (bicyclic) bond motifs is 1. The van der Waals surface area contributed by atoms with Gasteiger partial charge >= 0.3 is 5.97 Å². The first-order valence-corrected chi connectivity index (χ1v) is 4.57. The van der Waals surface area contributed by atoms with Crippen LogP contribution >= 0.6 is 0 Å².